The van der Waals surface area contributed by atoms with E-state index in [1.807, 2.05) is 24.5 Å². The second-order valence-corrected chi connectivity index (χ2v) is 5.53. The number of ether oxygens (including phenoxy) is 1. The highest BCUT2D eigenvalue weighted by molar-refractivity contribution is 8.24. The van der Waals surface area contributed by atoms with E-state index in [1.165, 1.54) is 5.56 Å². The van der Waals surface area contributed by atoms with E-state index in [9.17, 15) is 0 Å². The van der Waals surface area contributed by atoms with Gasteiger partial charge in [0.25, 0.3) is 0 Å². The lowest BCUT2D eigenvalue weighted by Crippen LogP contribution is -2.32. The van der Waals surface area contributed by atoms with Gasteiger partial charge in [0.15, 0.2) is 0 Å². The highest BCUT2D eigenvalue weighted by Crippen LogP contribution is 2.22. The van der Waals surface area contributed by atoms with Gasteiger partial charge in [0.2, 0.25) is 0 Å². The Hall–Kier alpha value is -0.840. The quantitative estimate of drug-likeness (QED) is 0.622. The number of thioether (sulfide) groups is 1. The predicted molar refractivity (Wildman–Crippen MR) is 82.9 cm³/mol. The zero-order valence-electron chi connectivity index (χ0n) is 10.5. The molecule has 0 N–H and O–H groups in total. The molecule has 1 aliphatic heterocycles. The molecule has 96 valence electrons. The lowest BCUT2D eigenvalue weighted by molar-refractivity contribution is 0.0597. The fourth-order valence-corrected chi connectivity index (χ4v) is 2.42. The van der Waals surface area contributed by atoms with Crippen LogP contribution in [0.2, 0.25) is 0 Å². The van der Waals surface area contributed by atoms with Crippen molar-refractivity contribution in [3.63, 3.8) is 0 Å². The molecule has 2 rings (SSSR count). The van der Waals surface area contributed by atoms with Crippen molar-refractivity contribution in [3.8, 4) is 0 Å². The van der Waals surface area contributed by atoms with Crippen LogP contribution in [0.4, 0.5) is 0 Å². The van der Waals surface area contributed by atoms with Crippen molar-refractivity contribution < 1.29 is 4.74 Å². The van der Waals surface area contributed by atoms with E-state index in [1.54, 1.807) is 11.8 Å². The maximum absolute atomic E-state index is 5.46. The van der Waals surface area contributed by atoms with Crippen molar-refractivity contribution in [1.82, 2.24) is 4.90 Å². The summed E-state index contributed by atoms with van der Waals surface area (Å²) in [5.74, 6) is 0. The zero-order valence-corrected chi connectivity index (χ0v) is 12.1. The topological polar surface area (TPSA) is 12.5 Å². The van der Waals surface area contributed by atoms with Gasteiger partial charge in [0.05, 0.1) is 17.4 Å². The molecule has 0 aromatic heterocycles. The minimum absolute atomic E-state index is 0.796. The first-order valence-corrected chi connectivity index (χ1v) is 7.62. The molecule has 0 spiro atoms. The Morgan fingerprint density at radius 3 is 2.56 bits per heavy atom. The number of morpholine rings is 1. The molecule has 0 radical (unpaired) electrons. The molecule has 0 bridgehead atoms. The van der Waals surface area contributed by atoms with Crippen LogP contribution in [0.5, 0.6) is 0 Å². The standard InChI is InChI=1S/C14H17NOS2/c1-18-14(17)13(12-5-3-2-4-6-12)11-15-7-9-16-10-8-15/h2-6,11H,7-10H2,1H3/b13-11+. The Bertz CT molecular complexity index is 425. The smallest absolute Gasteiger partial charge is 0.0796 e. The normalized spacial score (nSPS) is 16.7. The van der Waals surface area contributed by atoms with Crippen LogP contribution < -0.4 is 0 Å². The van der Waals surface area contributed by atoms with Gasteiger partial charge in [-0.05, 0) is 11.8 Å². The van der Waals surface area contributed by atoms with Crippen LogP contribution in [0.25, 0.3) is 5.57 Å². The number of hydrogen-bond acceptors (Lipinski definition) is 4. The zero-order chi connectivity index (χ0) is 12.8. The molecule has 18 heavy (non-hydrogen) atoms. The molecular formula is C14H17NOS2. The maximum atomic E-state index is 5.46. The van der Waals surface area contributed by atoms with Crippen LogP contribution in [0.1, 0.15) is 5.56 Å². The van der Waals surface area contributed by atoms with Crippen molar-refractivity contribution >= 4 is 33.7 Å². The summed E-state index contributed by atoms with van der Waals surface area (Å²) in [6.45, 7) is 3.47. The minimum Gasteiger partial charge on any atom is -0.378 e. The molecular weight excluding hydrogens is 262 g/mol. The summed E-state index contributed by atoms with van der Waals surface area (Å²) in [6.07, 6.45) is 4.20. The Balaban J connectivity index is 2.24. The average molecular weight is 279 g/mol. The fraction of sp³-hybridized carbons (Fsp3) is 0.357. The van der Waals surface area contributed by atoms with E-state index in [4.69, 9.17) is 17.0 Å². The molecule has 1 fully saturated rings. The lowest BCUT2D eigenvalue weighted by atomic mass is 10.1. The van der Waals surface area contributed by atoms with Gasteiger partial charge in [-0.25, -0.2) is 0 Å². The second kappa shape index (κ2) is 6.92. The largest absolute Gasteiger partial charge is 0.378 e. The molecule has 1 saturated heterocycles. The van der Waals surface area contributed by atoms with Crippen molar-refractivity contribution in [2.24, 2.45) is 0 Å². The van der Waals surface area contributed by atoms with Gasteiger partial charge in [-0.2, -0.15) is 0 Å². The number of hydrogen-bond donors (Lipinski definition) is 0. The van der Waals surface area contributed by atoms with Crippen LogP contribution >= 0.6 is 24.0 Å². The van der Waals surface area contributed by atoms with E-state index in [0.29, 0.717) is 0 Å². The SMILES string of the molecule is CSC(=S)/C(=C/N1CCOCC1)c1ccccc1. The summed E-state index contributed by atoms with van der Waals surface area (Å²) in [7, 11) is 0. The van der Waals surface area contributed by atoms with Gasteiger partial charge < -0.3 is 9.64 Å². The molecule has 1 aromatic rings. The molecule has 2 nitrogen and oxygen atoms in total. The fourth-order valence-electron chi connectivity index (χ4n) is 1.86. The summed E-state index contributed by atoms with van der Waals surface area (Å²) in [4.78, 5) is 2.29. The van der Waals surface area contributed by atoms with E-state index in [2.05, 4.69) is 23.2 Å². The molecule has 1 aromatic carbocycles. The van der Waals surface area contributed by atoms with Crippen molar-refractivity contribution in [1.29, 1.82) is 0 Å². The van der Waals surface area contributed by atoms with Gasteiger partial charge in [-0.1, -0.05) is 42.5 Å². The summed E-state index contributed by atoms with van der Waals surface area (Å²) in [6, 6.07) is 10.3. The molecule has 1 aliphatic rings. The summed E-state index contributed by atoms with van der Waals surface area (Å²) < 4.78 is 6.30. The molecule has 0 amide bonds. The van der Waals surface area contributed by atoms with Gasteiger partial charge in [0.1, 0.15) is 0 Å². The number of nitrogens with zero attached hydrogens (tertiary/aromatic N) is 1. The van der Waals surface area contributed by atoms with E-state index in [-0.39, 0.29) is 0 Å². The van der Waals surface area contributed by atoms with Crippen LogP contribution in [-0.2, 0) is 4.74 Å². The van der Waals surface area contributed by atoms with Crippen LogP contribution in [-0.4, -0.2) is 41.7 Å². The molecule has 0 atom stereocenters. The Morgan fingerprint density at radius 2 is 1.94 bits per heavy atom. The number of rotatable bonds is 3. The van der Waals surface area contributed by atoms with Crippen LogP contribution in [0, 0.1) is 0 Å². The summed E-state index contributed by atoms with van der Waals surface area (Å²) in [5, 5.41) is 0. The van der Waals surface area contributed by atoms with Crippen molar-refractivity contribution in [2.45, 2.75) is 0 Å². The highest BCUT2D eigenvalue weighted by atomic mass is 32.2. The van der Waals surface area contributed by atoms with Crippen molar-refractivity contribution in [2.75, 3.05) is 32.6 Å². The first-order chi connectivity index (χ1) is 8.81. The first kappa shape index (κ1) is 13.6. The van der Waals surface area contributed by atoms with Gasteiger partial charge in [-0.15, -0.1) is 11.8 Å². The summed E-state index contributed by atoms with van der Waals surface area (Å²) in [5.41, 5.74) is 2.32. The number of benzene rings is 1. The van der Waals surface area contributed by atoms with Gasteiger partial charge in [-0.3, -0.25) is 0 Å². The first-order valence-electron chi connectivity index (χ1n) is 5.98. The van der Waals surface area contributed by atoms with Crippen LogP contribution in [0.15, 0.2) is 36.5 Å². The van der Waals surface area contributed by atoms with Gasteiger partial charge >= 0.3 is 0 Å². The molecule has 0 unspecified atom stereocenters. The van der Waals surface area contributed by atoms with E-state index >= 15 is 0 Å². The third kappa shape index (κ3) is 3.57. The maximum Gasteiger partial charge on any atom is 0.0796 e. The average Bonchev–Trinajstić information content (AvgIpc) is 2.46. The predicted octanol–water partition coefficient (Wildman–Crippen LogP) is 3.05. The Labute approximate surface area is 118 Å². The monoisotopic (exact) mass is 279 g/mol. The molecule has 4 heteroatoms. The van der Waals surface area contributed by atoms with E-state index < -0.39 is 0 Å². The third-order valence-corrected chi connectivity index (χ3v) is 4.16. The molecule has 0 saturated carbocycles. The number of thiocarbonyl (C=S) groups is 1. The Morgan fingerprint density at radius 1 is 1.28 bits per heavy atom. The molecule has 1 heterocycles. The highest BCUT2D eigenvalue weighted by Gasteiger charge is 2.12. The minimum atomic E-state index is 0.796. The van der Waals surface area contributed by atoms with Crippen molar-refractivity contribution in [3.05, 3.63) is 42.1 Å². The second-order valence-electron chi connectivity index (χ2n) is 4.05. The lowest BCUT2D eigenvalue weighted by Gasteiger charge is -2.26. The third-order valence-electron chi connectivity index (χ3n) is 2.85. The Kier molecular flexibility index (Phi) is 5.23. The van der Waals surface area contributed by atoms with E-state index in [0.717, 1.165) is 36.1 Å². The van der Waals surface area contributed by atoms with Gasteiger partial charge in [0, 0.05) is 24.9 Å². The van der Waals surface area contributed by atoms with Crippen LogP contribution in [0.3, 0.4) is 0 Å². The molecule has 0 aliphatic carbocycles. The summed E-state index contributed by atoms with van der Waals surface area (Å²) >= 11 is 7.09.